The highest BCUT2D eigenvalue weighted by Gasteiger charge is 2.24. The van der Waals surface area contributed by atoms with Gasteiger partial charge >= 0.3 is 0 Å². The van der Waals surface area contributed by atoms with Gasteiger partial charge in [-0.1, -0.05) is 11.6 Å². The SMILES string of the molecule is COc1ccc(NC(=O)c2ccc3c(c2)CCCN3C(=O)c2ccc(Cl)cc2)cc1. The minimum atomic E-state index is -0.191. The minimum Gasteiger partial charge on any atom is -0.497 e. The topological polar surface area (TPSA) is 58.6 Å². The third-order valence-corrected chi connectivity index (χ3v) is 5.40. The molecule has 6 heteroatoms. The molecule has 0 atom stereocenters. The maximum atomic E-state index is 13.0. The van der Waals surface area contributed by atoms with Crippen molar-refractivity contribution in [3.05, 3.63) is 88.4 Å². The standard InChI is InChI=1S/C24H21ClN2O3/c1-30-21-11-9-20(10-12-21)26-23(28)18-6-13-22-17(15-18)3-2-14-27(22)24(29)16-4-7-19(25)8-5-16/h4-13,15H,2-3,14H2,1H3,(H,26,28). The number of fused-ring (bicyclic) bond motifs is 1. The van der Waals surface area contributed by atoms with Gasteiger partial charge in [0.15, 0.2) is 0 Å². The number of carbonyl (C=O) groups is 2. The number of aryl methyl sites for hydroxylation is 1. The number of halogens is 1. The van der Waals surface area contributed by atoms with Crippen LogP contribution in [0.25, 0.3) is 0 Å². The molecule has 0 saturated carbocycles. The Hall–Kier alpha value is -3.31. The molecule has 5 nitrogen and oxygen atoms in total. The van der Waals surface area contributed by atoms with Crippen molar-refractivity contribution in [3.63, 3.8) is 0 Å². The van der Waals surface area contributed by atoms with Crippen LogP contribution in [0.4, 0.5) is 11.4 Å². The van der Waals surface area contributed by atoms with Gasteiger partial charge in [-0.25, -0.2) is 0 Å². The molecule has 0 aliphatic carbocycles. The summed E-state index contributed by atoms with van der Waals surface area (Å²) in [6, 6.07) is 19.5. The number of amides is 2. The molecule has 30 heavy (non-hydrogen) atoms. The molecular weight excluding hydrogens is 400 g/mol. The predicted octanol–water partition coefficient (Wildman–Crippen LogP) is 5.19. The molecular formula is C24H21ClN2O3. The first kappa shape index (κ1) is 20.0. The monoisotopic (exact) mass is 420 g/mol. The number of hydrogen-bond donors (Lipinski definition) is 1. The molecule has 3 aromatic rings. The zero-order chi connectivity index (χ0) is 21.1. The van der Waals surface area contributed by atoms with E-state index >= 15 is 0 Å². The quantitative estimate of drug-likeness (QED) is 0.631. The smallest absolute Gasteiger partial charge is 0.258 e. The lowest BCUT2D eigenvalue weighted by Crippen LogP contribution is -2.35. The molecule has 0 bridgehead atoms. The highest BCUT2D eigenvalue weighted by Crippen LogP contribution is 2.30. The molecule has 1 heterocycles. The molecule has 1 N–H and O–H groups in total. The maximum absolute atomic E-state index is 13.0. The van der Waals surface area contributed by atoms with Gasteiger partial charge in [0.05, 0.1) is 7.11 Å². The second kappa shape index (κ2) is 8.59. The third kappa shape index (κ3) is 4.16. The summed E-state index contributed by atoms with van der Waals surface area (Å²) in [4.78, 5) is 27.4. The average molecular weight is 421 g/mol. The Morgan fingerprint density at radius 2 is 1.67 bits per heavy atom. The predicted molar refractivity (Wildman–Crippen MR) is 119 cm³/mol. The fourth-order valence-electron chi connectivity index (χ4n) is 3.58. The Kier molecular flexibility index (Phi) is 5.72. The zero-order valence-electron chi connectivity index (χ0n) is 16.5. The zero-order valence-corrected chi connectivity index (χ0v) is 17.3. The Bertz CT molecular complexity index is 1080. The van der Waals surface area contributed by atoms with Gasteiger partial charge in [-0.2, -0.15) is 0 Å². The van der Waals surface area contributed by atoms with Gasteiger partial charge in [0.1, 0.15) is 5.75 Å². The van der Waals surface area contributed by atoms with E-state index in [1.807, 2.05) is 12.1 Å². The van der Waals surface area contributed by atoms with E-state index in [0.717, 1.165) is 29.8 Å². The van der Waals surface area contributed by atoms with Crippen LogP contribution in [0, 0.1) is 0 Å². The number of nitrogens with one attached hydrogen (secondary N) is 1. The van der Waals surface area contributed by atoms with Crippen LogP contribution >= 0.6 is 11.6 Å². The summed E-state index contributed by atoms with van der Waals surface area (Å²) in [6.45, 7) is 0.645. The van der Waals surface area contributed by atoms with Crippen molar-refractivity contribution in [2.45, 2.75) is 12.8 Å². The maximum Gasteiger partial charge on any atom is 0.258 e. The summed E-state index contributed by atoms with van der Waals surface area (Å²) >= 11 is 5.93. The minimum absolute atomic E-state index is 0.0666. The first-order chi connectivity index (χ1) is 14.5. The molecule has 0 unspecified atom stereocenters. The third-order valence-electron chi connectivity index (χ3n) is 5.14. The number of methoxy groups -OCH3 is 1. The molecule has 4 rings (SSSR count). The molecule has 2 amide bonds. The summed E-state index contributed by atoms with van der Waals surface area (Å²) in [5, 5.41) is 3.49. The second-order valence-corrected chi connectivity index (χ2v) is 7.53. The number of nitrogens with zero attached hydrogens (tertiary/aromatic N) is 1. The van der Waals surface area contributed by atoms with E-state index in [1.54, 1.807) is 66.6 Å². The van der Waals surface area contributed by atoms with Crippen LogP contribution in [-0.2, 0) is 6.42 Å². The number of ether oxygens (including phenoxy) is 1. The number of carbonyl (C=O) groups excluding carboxylic acids is 2. The van der Waals surface area contributed by atoms with Crippen molar-refractivity contribution in [2.75, 3.05) is 23.9 Å². The van der Waals surface area contributed by atoms with Crippen LogP contribution in [0.1, 0.15) is 32.7 Å². The van der Waals surface area contributed by atoms with Crippen molar-refractivity contribution in [1.29, 1.82) is 0 Å². The number of hydrogen-bond acceptors (Lipinski definition) is 3. The number of anilines is 2. The van der Waals surface area contributed by atoms with E-state index in [2.05, 4.69) is 5.32 Å². The summed E-state index contributed by atoms with van der Waals surface area (Å²) in [5.74, 6) is 0.472. The van der Waals surface area contributed by atoms with Gasteiger partial charge in [0.25, 0.3) is 11.8 Å². The Balaban J connectivity index is 1.54. The van der Waals surface area contributed by atoms with E-state index in [1.165, 1.54) is 0 Å². The van der Waals surface area contributed by atoms with Gasteiger partial charge in [-0.15, -0.1) is 0 Å². The first-order valence-electron chi connectivity index (χ1n) is 9.71. The summed E-state index contributed by atoms with van der Waals surface area (Å²) < 4.78 is 5.14. The fourth-order valence-corrected chi connectivity index (χ4v) is 3.70. The lowest BCUT2D eigenvalue weighted by molar-refractivity contribution is 0.0984. The average Bonchev–Trinajstić information content (AvgIpc) is 2.79. The van der Waals surface area contributed by atoms with E-state index in [0.29, 0.717) is 28.4 Å². The normalized spacial score (nSPS) is 12.8. The van der Waals surface area contributed by atoms with E-state index < -0.39 is 0 Å². The first-order valence-corrected chi connectivity index (χ1v) is 10.1. The van der Waals surface area contributed by atoms with Crippen molar-refractivity contribution in [1.82, 2.24) is 0 Å². The van der Waals surface area contributed by atoms with Gasteiger partial charge in [-0.3, -0.25) is 9.59 Å². The van der Waals surface area contributed by atoms with Crippen molar-refractivity contribution >= 4 is 34.8 Å². The number of rotatable bonds is 4. The van der Waals surface area contributed by atoms with Gasteiger partial charge < -0.3 is 15.0 Å². The molecule has 152 valence electrons. The Labute approximate surface area is 180 Å². The van der Waals surface area contributed by atoms with Crippen molar-refractivity contribution in [3.8, 4) is 5.75 Å². The van der Waals surface area contributed by atoms with Crippen LogP contribution in [0.2, 0.25) is 5.02 Å². The van der Waals surface area contributed by atoms with E-state index in [4.69, 9.17) is 16.3 Å². The van der Waals surface area contributed by atoms with Gasteiger partial charge in [0.2, 0.25) is 0 Å². The highest BCUT2D eigenvalue weighted by molar-refractivity contribution is 6.30. The van der Waals surface area contributed by atoms with Crippen molar-refractivity contribution in [2.24, 2.45) is 0 Å². The fraction of sp³-hybridized carbons (Fsp3) is 0.167. The largest absolute Gasteiger partial charge is 0.497 e. The highest BCUT2D eigenvalue weighted by atomic mass is 35.5. The number of benzene rings is 3. The summed E-state index contributed by atoms with van der Waals surface area (Å²) in [6.07, 6.45) is 1.67. The second-order valence-electron chi connectivity index (χ2n) is 7.09. The van der Waals surface area contributed by atoms with Crippen molar-refractivity contribution < 1.29 is 14.3 Å². The Morgan fingerprint density at radius 1 is 0.967 bits per heavy atom. The molecule has 0 fully saturated rings. The van der Waals surface area contributed by atoms with E-state index in [-0.39, 0.29) is 11.8 Å². The van der Waals surface area contributed by atoms with Crippen LogP contribution in [0.3, 0.4) is 0 Å². The van der Waals surface area contributed by atoms with Crippen LogP contribution in [-0.4, -0.2) is 25.5 Å². The molecule has 0 saturated heterocycles. The van der Waals surface area contributed by atoms with Crippen LogP contribution < -0.4 is 15.0 Å². The van der Waals surface area contributed by atoms with E-state index in [9.17, 15) is 9.59 Å². The van der Waals surface area contributed by atoms with Gasteiger partial charge in [-0.05, 0) is 85.1 Å². The summed E-state index contributed by atoms with van der Waals surface area (Å²) in [5.41, 5.74) is 3.69. The molecule has 0 spiro atoms. The lowest BCUT2D eigenvalue weighted by Gasteiger charge is -2.30. The van der Waals surface area contributed by atoms with Gasteiger partial charge in [0, 0.05) is 34.1 Å². The van der Waals surface area contributed by atoms with Crippen LogP contribution in [0.15, 0.2) is 66.7 Å². The molecule has 1 aliphatic rings. The Morgan fingerprint density at radius 3 is 2.37 bits per heavy atom. The molecule has 0 radical (unpaired) electrons. The van der Waals surface area contributed by atoms with Crippen LogP contribution in [0.5, 0.6) is 5.75 Å². The summed E-state index contributed by atoms with van der Waals surface area (Å²) in [7, 11) is 1.60. The molecule has 1 aliphatic heterocycles. The molecule has 3 aromatic carbocycles. The lowest BCUT2D eigenvalue weighted by atomic mass is 9.98. The molecule has 0 aromatic heterocycles.